The molecule has 0 spiro atoms. The second kappa shape index (κ2) is 11.6. The molecule has 2 aromatic heterocycles. The van der Waals surface area contributed by atoms with E-state index in [1.54, 1.807) is 24.3 Å². The molecule has 0 fully saturated rings. The van der Waals surface area contributed by atoms with E-state index in [1.165, 1.54) is 6.07 Å². The van der Waals surface area contributed by atoms with Crippen molar-refractivity contribution in [3.8, 4) is 0 Å². The molecule has 5 rings (SSSR count). The Hall–Kier alpha value is -5.31. The van der Waals surface area contributed by atoms with Gasteiger partial charge in [0, 0.05) is 59.0 Å². The smallest absolute Gasteiger partial charge is 0.270 e. The van der Waals surface area contributed by atoms with Crippen LogP contribution in [0.1, 0.15) is 24.2 Å². The number of nitro groups is 1. The maximum atomic E-state index is 12.9. The number of carbonyl (C=O) groups is 1. The quantitative estimate of drug-likeness (QED) is 0.120. The van der Waals surface area contributed by atoms with Gasteiger partial charge in [0.15, 0.2) is 18.6 Å². The number of amides is 1. The molecule has 0 saturated heterocycles. The third-order valence-electron chi connectivity index (χ3n) is 6.67. The van der Waals surface area contributed by atoms with Gasteiger partial charge in [-0.05, 0) is 62.4 Å². The summed E-state index contributed by atoms with van der Waals surface area (Å²) in [6.07, 6.45) is 5.99. The highest BCUT2D eigenvalue weighted by molar-refractivity contribution is 6.04. The first-order valence-electron chi connectivity index (χ1n) is 13.1. The maximum Gasteiger partial charge on any atom is 0.270 e. The lowest BCUT2D eigenvalue weighted by atomic mass is 10.1. The van der Waals surface area contributed by atoms with Crippen LogP contribution in [0.2, 0.25) is 0 Å². The average molecular weight is 535 g/mol. The summed E-state index contributed by atoms with van der Waals surface area (Å²) >= 11 is 0. The Morgan fingerprint density at radius 2 is 1.38 bits per heavy atom. The lowest BCUT2D eigenvalue weighted by Gasteiger charge is -2.11. The van der Waals surface area contributed by atoms with Crippen molar-refractivity contribution in [2.45, 2.75) is 26.9 Å². The number of anilines is 5. The molecule has 0 saturated carbocycles. The number of hydrogen-bond acceptors (Lipinski definition) is 5. The number of nitro benzene ring substituents is 1. The van der Waals surface area contributed by atoms with Crippen molar-refractivity contribution in [3.63, 3.8) is 0 Å². The van der Waals surface area contributed by atoms with Crippen molar-refractivity contribution in [2.24, 2.45) is 0 Å². The summed E-state index contributed by atoms with van der Waals surface area (Å²) in [5.41, 5.74) is 5.55. The molecule has 9 heteroatoms. The molecule has 0 aliphatic heterocycles. The number of non-ortho nitro benzene ring substituents is 1. The molecule has 0 radical (unpaired) electrons. The molecular weight excluding hydrogens is 504 g/mol. The third-order valence-corrected chi connectivity index (χ3v) is 6.67. The summed E-state index contributed by atoms with van der Waals surface area (Å²) in [4.78, 5) is 23.8. The molecule has 0 bridgehead atoms. The van der Waals surface area contributed by atoms with Gasteiger partial charge in [-0.25, -0.2) is 4.57 Å². The summed E-state index contributed by atoms with van der Waals surface area (Å²) in [6, 6.07) is 25.4. The molecule has 0 aliphatic carbocycles. The zero-order valence-electron chi connectivity index (χ0n) is 22.3. The molecular formula is C31H30N6O3+2. The van der Waals surface area contributed by atoms with Crippen LogP contribution in [-0.2, 0) is 13.1 Å². The van der Waals surface area contributed by atoms with Gasteiger partial charge in [0.05, 0.1) is 21.7 Å². The van der Waals surface area contributed by atoms with Gasteiger partial charge in [0.1, 0.15) is 13.1 Å². The summed E-state index contributed by atoms with van der Waals surface area (Å²) in [7, 11) is 0. The number of benzene rings is 3. The lowest BCUT2D eigenvalue weighted by Crippen LogP contribution is -2.32. The number of aryl methyl sites for hydroxylation is 2. The molecule has 200 valence electrons. The fourth-order valence-electron chi connectivity index (χ4n) is 4.44. The van der Waals surface area contributed by atoms with E-state index < -0.39 is 4.92 Å². The van der Waals surface area contributed by atoms with Crippen molar-refractivity contribution < 1.29 is 18.9 Å². The first-order valence-corrected chi connectivity index (χ1v) is 13.1. The average Bonchev–Trinajstić information content (AvgIpc) is 2.98. The van der Waals surface area contributed by atoms with Crippen LogP contribution >= 0.6 is 0 Å². The van der Waals surface area contributed by atoms with E-state index in [0.29, 0.717) is 11.3 Å². The van der Waals surface area contributed by atoms with Crippen LogP contribution in [0.15, 0.2) is 104 Å². The summed E-state index contributed by atoms with van der Waals surface area (Å²) in [5.74, 6) is -0.218. The van der Waals surface area contributed by atoms with Crippen LogP contribution < -0.4 is 25.1 Å². The standard InChI is InChI=1S/C31H28N6O3/c1-3-35-18-15-26(16-19-35)32-23-9-11-25(12-10-23)34-31(38)22-5-7-24(8-6-22)33-29-17-20-36(4-2)30-14-13-27(37(39)40)21-28(29)30/h5-21H,3-4H2,1-2H3,(H,34,38)/p+2. The molecule has 2 heterocycles. The number of aromatic nitrogens is 2. The number of carbonyl (C=O) groups excluding carboxylic acids is 1. The van der Waals surface area contributed by atoms with Gasteiger partial charge in [0.2, 0.25) is 5.52 Å². The summed E-state index contributed by atoms with van der Waals surface area (Å²) in [5, 5.41) is 21.7. The highest BCUT2D eigenvalue weighted by Crippen LogP contribution is 2.28. The number of fused-ring (bicyclic) bond motifs is 1. The Labute approximate surface area is 231 Å². The highest BCUT2D eigenvalue weighted by Gasteiger charge is 2.16. The van der Waals surface area contributed by atoms with E-state index in [0.717, 1.165) is 46.7 Å². The number of pyridine rings is 2. The fourth-order valence-corrected chi connectivity index (χ4v) is 4.44. The van der Waals surface area contributed by atoms with Crippen LogP contribution in [0.4, 0.5) is 34.1 Å². The molecule has 9 nitrogen and oxygen atoms in total. The minimum atomic E-state index is -0.395. The zero-order chi connectivity index (χ0) is 28.1. The zero-order valence-corrected chi connectivity index (χ0v) is 22.3. The van der Waals surface area contributed by atoms with Gasteiger partial charge in [-0.3, -0.25) is 14.9 Å². The van der Waals surface area contributed by atoms with Gasteiger partial charge in [-0.2, -0.15) is 4.57 Å². The van der Waals surface area contributed by atoms with Gasteiger partial charge in [0.25, 0.3) is 11.6 Å². The SMILES string of the molecule is CC[n+]1ccc(Nc2ccc(NC(=O)c3ccc(Nc4cc[n+](CC)c5ccc([N+](=O)[O-])cc45)cc3)cc2)cc1. The first-order chi connectivity index (χ1) is 19.4. The Morgan fingerprint density at radius 1 is 0.750 bits per heavy atom. The summed E-state index contributed by atoms with van der Waals surface area (Å²) in [6.45, 7) is 5.78. The Bertz CT molecular complexity index is 1670. The topological polar surface area (TPSA) is 104 Å². The van der Waals surface area contributed by atoms with Gasteiger partial charge >= 0.3 is 0 Å². The normalized spacial score (nSPS) is 10.8. The highest BCUT2D eigenvalue weighted by atomic mass is 16.6. The Balaban J connectivity index is 1.25. The number of hydrogen-bond donors (Lipinski definition) is 3. The summed E-state index contributed by atoms with van der Waals surface area (Å²) < 4.78 is 4.12. The second-order valence-electron chi connectivity index (χ2n) is 9.25. The lowest BCUT2D eigenvalue weighted by molar-refractivity contribution is -0.693. The molecule has 5 aromatic rings. The van der Waals surface area contributed by atoms with Gasteiger partial charge in [-0.1, -0.05) is 0 Å². The number of rotatable bonds is 9. The van der Waals surface area contributed by atoms with Crippen molar-refractivity contribution in [1.29, 1.82) is 0 Å². The third kappa shape index (κ3) is 5.88. The molecule has 0 unspecified atom stereocenters. The molecule has 1 amide bonds. The largest absolute Gasteiger partial charge is 0.355 e. The first kappa shape index (κ1) is 26.3. The van der Waals surface area contributed by atoms with E-state index in [1.807, 2.05) is 84.7 Å². The van der Waals surface area contributed by atoms with Crippen molar-refractivity contribution in [1.82, 2.24) is 0 Å². The van der Waals surface area contributed by atoms with Gasteiger partial charge < -0.3 is 16.0 Å². The van der Waals surface area contributed by atoms with Crippen molar-refractivity contribution in [2.75, 3.05) is 16.0 Å². The number of nitrogens with zero attached hydrogens (tertiary/aromatic N) is 3. The Morgan fingerprint density at radius 3 is 2.02 bits per heavy atom. The van der Waals surface area contributed by atoms with Crippen LogP contribution in [0.3, 0.4) is 0 Å². The van der Waals surface area contributed by atoms with Crippen LogP contribution in [-0.4, -0.2) is 10.8 Å². The van der Waals surface area contributed by atoms with E-state index >= 15 is 0 Å². The van der Waals surface area contributed by atoms with Crippen molar-refractivity contribution in [3.05, 3.63) is 119 Å². The van der Waals surface area contributed by atoms with Gasteiger partial charge in [-0.15, -0.1) is 0 Å². The minimum Gasteiger partial charge on any atom is -0.355 e. The van der Waals surface area contributed by atoms with E-state index in [-0.39, 0.29) is 11.6 Å². The van der Waals surface area contributed by atoms with E-state index in [9.17, 15) is 14.9 Å². The minimum absolute atomic E-state index is 0.0324. The van der Waals surface area contributed by atoms with E-state index in [4.69, 9.17) is 0 Å². The second-order valence-corrected chi connectivity index (χ2v) is 9.25. The van der Waals surface area contributed by atoms with Crippen LogP contribution in [0, 0.1) is 10.1 Å². The van der Waals surface area contributed by atoms with E-state index in [2.05, 4.69) is 27.4 Å². The molecule has 3 N–H and O–H groups in total. The fraction of sp³-hybridized carbons (Fsp3) is 0.129. The monoisotopic (exact) mass is 534 g/mol. The predicted molar refractivity (Wildman–Crippen MR) is 156 cm³/mol. The predicted octanol–water partition coefficient (Wildman–Crippen LogP) is 6.10. The number of nitrogens with one attached hydrogen (secondary N) is 3. The maximum absolute atomic E-state index is 12.9. The molecule has 0 atom stereocenters. The van der Waals surface area contributed by atoms with Crippen LogP contribution in [0.5, 0.6) is 0 Å². The van der Waals surface area contributed by atoms with Crippen LogP contribution in [0.25, 0.3) is 10.9 Å². The van der Waals surface area contributed by atoms with Crippen molar-refractivity contribution >= 4 is 50.9 Å². The Kier molecular flexibility index (Phi) is 7.63. The molecule has 40 heavy (non-hydrogen) atoms. The molecule has 3 aromatic carbocycles. The molecule has 0 aliphatic rings.